The van der Waals surface area contributed by atoms with E-state index >= 15 is 0 Å². The van der Waals surface area contributed by atoms with Crippen LogP contribution in [0.4, 0.5) is 0 Å². The zero-order valence-corrected chi connectivity index (χ0v) is 10.0. The molecule has 0 aliphatic heterocycles. The van der Waals surface area contributed by atoms with Gasteiger partial charge in [-0.3, -0.25) is 0 Å². The van der Waals surface area contributed by atoms with Crippen LogP contribution >= 0.6 is 22.9 Å². The first-order chi connectivity index (χ1) is 6.53. The zero-order chi connectivity index (χ0) is 10.3. The molecule has 78 valence electrons. The van der Waals surface area contributed by atoms with Gasteiger partial charge in [0.15, 0.2) is 0 Å². The largest absolute Gasteiger partial charge is 0.385 e. The molecule has 1 aromatic heterocycles. The van der Waals surface area contributed by atoms with Crippen LogP contribution in [0.2, 0.25) is 4.34 Å². The molecular weight excluding hydrogens is 216 g/mol. The highest BCUT2D eigenvalue weighted by Gasteiger charge is 2.46. The Hall–Kier alpha value is -0.0500. The van der Waals surface area contributed by atoms with Crippen molar-refractivity contribution >= 4 is 22.9 Å². The van der Waals surface area contributed by atoms with Crippen LogP contribution < -0.4 is 0 Å². The molecule has 1 nitrogen and oxygen atoms in total. The van der Waals surface area contributed by atoms with Gasteiger partial charge < -0.3 is 5.11 Å². The third kappa shape index (κ3) is 1.60. The van der Waals surface area contributed by atoms with Crippen molar-refractivity contribution in [2.24, 2.45) is 11.8 Å². The Bertz CT molecular complexity index is 326. The molecule has 0 spiro atoms. The van der Waals surface area contributed by atoms with Crippen molar-refractivity contribution in [1.29, 1.82) is 0 Å². The molecule has 3 heteroatoms. The number of aliphatic hydroxyl groups is 1. The Balaban J connectivity index is 2.11. The Kier molecular flexibility index (Phi) is 2.63. The number of halogens is 1. The lowest BCUT2D eigenvalue weighted by molar-refractivity contribution is -0.0930. The first-order valence-electron chi connectivity index (χ1n) is 4.99. The van der Waals surface area contributed by atoms with Crippen LogP contribution in [0.3, 0.4) is 0 Å². The smallest absolute Gasteiger partial charge is 0.0989 e. The lowest BCUT2D eigenvalue weighted by Gasteiger charge is -2.45. The second-order valence-electron chi connectivity index (χ2n) is 4.55. The van der Waals surface area contributed by atoms with E-state index in [-0.39, 0.29) is 0 Å². The summed E-state index contributed by atoms with van der Waals surface area (Å²) in [4.78, 5) is 0. The molecule has 0 radical (unpaired) electrons. The summed E-state index contributed by atoms with van der Waals surface area (Å²) in [6.07, 6.45) is 1.72. The van der Waals surface area contributed by atoms with E-state index in [0.717, 1.165) is 22.7 Å². The molecule has 0 unspecified atom stereocenters. The predicted molar refractivity (Wildman–Crippen MR) is 60.8 cm³/mol. The third-order valence-electron chi connectivity index (χ3n) is 3.26. The fraction of sp³-hybridized carbons (Fsp3) is 0.636. The average Bonchev–Trinajstić information content (AvgIpc) is 2.45. The van der Waals surface area contributed by atoms with Crippen LogP contribution in [0.15, 0.2) is 11.4 Å². The van der Waals surface area contributed by atoms with Crippen molar-refractivity contribution in [2.45, 2.75) is 32.3 Å². The van der Waals surface area contributed by atoms with E-state index in [1.165, 1.54) is 11.3 Å². The molecule has 0 atom stereocenters. The molecule has 1 heterocycles. The fourth-order valence-electron chi connectivity index (χ4n) is 2.13. The van der Waals surface area contributed by atoms with Crippen molar-refractivity contribution < 1.29 is 5.11 Å². The van der Waals surface area contributed by atoms with Crippen molar-refractivity contribution in [1.82, 2.24) is 0 Å². The molecule has 1 aliphatic rings. The van der Waals surface area contributed by atoms with Crippen LogP contribution in [-0.2, 0) is 5.60 Å². The SMILES string of the molecule is CC(C)C1CC(O)(c2ccsc2Cl)C1. The summed E-state index contributed by atoms with van der Waals surface area (Å²) in [7, 11) is 0. The molecule has 14 heavy (non-hydrogen) atoms. The molecule has 2 rings (SSSR count). The van der Waals surface area contributed by atoms with E-state index in [4.69, 9.17) is 11.6 Å². The Labute approximate surface area is 93.7 Å². The van der Waals surface area contributed by atoms with Crippen molar-refractivity contribution in [2.75, 3.05) is 0 Å². The van der Waals surface area contributed by atoms with Gasteiger partial charge in [-0.25, -0.2) is 0 Å². The molecule has 0 bridgehead atoms. The first-order valence-corrected chi connectivity index (χ1v) is 6.24. The van der Waals surface area contributed by atoms with Crippen LogP contribution in [0.5, 0.6) is 0 Å². The molecule has 1 aromatic rings. The molecule has 1 fully saturated rings. The van der Waals surface area contributed by atoms with Crippen molar-refractivity contribution in [3.63, 3.8) is 0 Å². The predicted octanol–water partition coefficient (Wildman–Crippen LogP) is 3.66. The quantitative estimate of drug-likeness (QED) is 0.822. The highest BCUT2D eigenvalue weighted by atomic mass is 35.5. The van der Waals surface area contributed by atoms with Crippen LogP contribution in [0.25, 0.3) is 0 Å². The Morgan fingerprint density at radius 3 is 2.64 bits per heavy atom. The van der Waals surface area contributed by atoms with E-state index in [2.05, 4.69) is 13.8 Å². The van der Waals surface area contributed by atoms with Crippen LogP contribution in [0.1, 0.15) is 32.3 Å². The summed E-state index contributed by atoms with van der Waals surface area (Å²) >= 11 is 7.52. The summed E-state index contributed by atoms with van der Waals surface area (Å²) in [6, 6.07) is 1.95. The van der Waals surface area contributed by atoms with Gasteiger partial charge in [-0.05, 0) is 36.1 Å². The zero-order valence-electron chi connectivity index (χ0n) is 8.46. The number of thiophene rings is 1. The highest BCUT2D eigenvalue weighted by molar-refractivity contribution is 7.14. The van der Waals surface area contributed by atoms with Gasteiger partial charge in [0.25, 0.3) is 0 Å². The van der Waals surface area contributed by atoms with E-state index in [1.807, 2.05) is 11.4 Å². The molecular formula is C11H15ClOS. The van der Waals surface area contributed by atoms with Gasteiger partial charge in [-0.15, -0.1) is 11.3 Å². The van der Waals surface area contributed by atoms with E-state index in [1.54, 1.807) is 0 Å². The Morgan fingerprint density at radius 1 is 1.57 bits per heavy atom. The maximum absolute atomic E-state index is 10.3. The summed E-state index contributed by atoms with van der Waals surface area (Å²) in [5.41, 5.74) is 0.299. The molecule has 0 saturated heterocycles. The lowest BCUT2D eigenvalue weighted by atomic mass is 9.64. The summed E-state index contributed by atoms with van der Waals surface area (Å²) in [6.45, 7) is 4.42. The van der Waals surface area contributed by atoms with Gasteiger partial charge in [0.2, 0.25) is 0 Å². The maximum atomic E-state index is 10.3. The minimum atomic E-state index is -0.633. The topological polar surface area (TPSA) is 20.2 Å². The molecule has 0 aromatic carbocycles. The summed E-state index contributed by atoms with van der Waals surface area (Å²) < 4.78 is 0.745. The lowest BCUT2D eigenvalue weighted by Crippen LogP contribution is -2.43. The fourth-order valence-corrected chi connectivity index (χ4v) is 3.23. The van der Waals surface area contributed by atoms with Gasteiger partial charge in [0.05, 0.1) is 9.94 Å². The Morgan fingerprint density at radius 2 is 2.21 bits per heavy atom. The van der Waals surface area contributed by atoms with Gasteiger partial charge in [0, 0.05) is 5.56 Å². The normalized spacial score (nSPS) is 31.9. The van der Waals surface area contributed by atoms with E-state index < -0.39 is 5.60 Å². The minimum Gasteiger partial charge on any atom is -0.385 e. The van der Waals surface area contributed by atoms with Crippen LogP contribution in [0, 0.1) is 11.8 Å². The standard InChI is InChI=1S/C11H15ClOS/c1-7(2)8-5-11(13,6-8)9-3-4-14-10(9)12/h3-4,7-8,13H,5-6H2,1-2H3. The van der Waals surface area contributed by atoms with Crippen molar-refractivity contribution in [3.05, 3.63) is 21.3 Å². The highest BCUT2D eigenvalue weighted by Crippen LogP contribution is 2.51. The maximum Gasteiger partial charge on any atom is 0.0989 e. The number of hydrogen-bond donors (Lipinski definition) is 1. The third-order valence-corrected chi connectivity index (χ3v) is 4.43. The van der Waals surface area contributed by atoms with Gasteiger partial charge in [-0.2, -0.15) is 0 Å². The van der Waals surface area contributed by atoms with E-state index in [0.29, 0.717) is 11.8 Å². The second-order valence-corrected chi connectivity index (χ2v) is 6.07. The van der Waals surface area contributed by atoms with Gasteiger partial charge in [-0.1, -0.05) is 25.4 Å². The second kappa shape index (κ2) is 3.51. The molecule has 1 aliphatic carbocycles. The summed E-state index contributed by atoms with van der Waals surface area (Å²) in [5.74, 6) is 1.31. The minimum absolute atomic E-state index is 0.633. The summed E-state index contributed by atoms with van der Waals surface area (Å²) in [5, 5.41) is 12.2. The molecule has 1 N–H and O–H groups in total. The van der Waals surface area contributed by atoms with Gasteiger partial charge >= 0.3 is 0 Å². The average molecular weight is 231 g/mol. The van der Waals surface area contributed by atoms with Gasteiger partial charge in [0.1, 0.15) is 0 Å². The van der Waals surface area contributed by atoms with Crippen LogP contribution in [-0.4, -0.2) is 5.11 Å². The monoisotopic (exact) mass is 230 g/mol. The van der Waals surface area contributed by atoms with Crippen molar-refractivity contribution in [3.8, 4) is 0 Å². The van der Waals surface area contributed by atoms with E-state index in [9.17, 15) is 5.11 Å². The molecule has 1 saturated carbocycles. The first kappa shape index (κ1) is 10.5. The number of rotatable bonds is 2. The number of hydrogen-bond acceptors (Lipinski definition) is 2. The molecule has 0 amide bonds.